The molecular formula is C45H51N2Na3O13S4. The smallest absolute Gasteiger partial charge is 0.748 e. The average molecular weight is 1030 g/mol. The summed E-state index contributed by atoms with van der Waals surface area (Å²) in [6, 6.07) is 20.6. The van der Waals surface area contributed by atoms with E-state index in [2.05, 4.69) is 67.5 Å². The van der Waals surface area contributed by atoms with E-state index in [1.807, 2.05) is 43.3 Å². The molecule has 6 rings (SSSR count). The van der Waals surface area contributed by atoms with E-state index in [-0.39, 0.29) is 106 Å². The molecule has 0 aromatic heterocycles. The molecule has 0 N–H and O–H groups in total. The second kappa shape index (κ2) is 25.6. The standard InChI is InChI=1S/C45H54N2O10S3.3Na.O3S/c1-32-17-24-40-38(31-32)45(4,5)42(47(40)28-9-11-30-59(51,52)53)26-19-34-14-12-13-33(43(34)57-35-20-22-36(23-21-35)60(54,55)56)18-25-41-44(2,3)37-15-6-7-16-39(37)46(41)27-8-10-29-58(48,49)50;;;;1-4(2)3/h7,15-26,31H,8-14,27-30H2,1-5H3,(H,48,49,50)(H,51,52,53)(H,54,55,56);;;;/q;3*+1;/p-3. The predicted octanol–water partition coefficient (Wildman–Crippen LogP) is -2.58. The van der Waals surface area contributed by atoms with Gasteiger partial charge in [-0.05, 0) is 105 Å². The first-order valence-electron chi connectivity index (χ1n) is 20.5. The summed E-state index contributed by atoms with van der Waals surface area (Å²) in [4.78, 5) is 1.82. The number of nitrogens with zero attached hydrogens (tertiary/aromatic N) is 2. The molecule has 346 valence electrons. The minimum atomic E-state index is -4.68. The van der Waals surface area contributed by atoms with Gasteiger partial charge in [0.05, 0.1) is 25.1 Å². The van der Waals surface area contributed by atoms with E-state index in [4.69, 9.17) is 17.4 Å². The molecule has 2 aliphatic heterocycles. The SMILES string of the molecule is Cc1ccc2c(c1)C(C)(C)/C(=C\C=C1/CCCC(/C=C/C3=[N+](CCCCS(=O)(=O)[O-])c4cc[c-]cc4C3(C)C)=C1Oc1ccc(S(=O)(=O)[O-])cc1)N2CCCCS(=O)(=O)[O-].O=S(=O)=O.[Na+].[Na+].[Na+]. The van der Waals surface area contributed by atoms with Crippen molar-refractivity contribution in [2.45, 2.75) is 95.3 Å². The molecule has 3 aromatic carbocycles. The predicted molar refractivity (Wildman–Crippen MR) is 238 cm³/mol. The monoisotopic (exact) mass is 1020 g/mol. The number of unbranched alkanes of at least 4 members (excludes halogenated alkanes) is 2. The third-order valence-electron chi connectivity index (χ3n) is 11.5. The van der Waals surface area contributed by atoms with Gasteiger partial charge in [0.25, 0.3) is 0 Å². The topological polar surface area (TPSA) is 238 Å². The van der Waals surface area contributed by atoms with Gasteiger partial charge in [0, 0.05) is 52.8 Å². The van der Waals surface area contributed by atoms with E-state index in [1.54, 1.807) is 0 Å². The quantitative estimate of drug-likeness (QED) is 0.0471. The Labute approximate surface area is 463 Å². The van der Waals surface area contributed by atoms with Crippen molar-refractivity contribution in [1.29, 1.82) is 0 Å². The molecular weight excluding hydrogens is 974 g/mol. The van der Waals surface area contributed by atoms with Crippen LogP contribution in [-0.2, 0) is 51.8 Å². The van der Waals surface area contributed by atoms with E-state index in [9.17, 15) is 38.9 Å². The number of anilines is 1. The van der Waals surface area contributed by atoms with Crippen LogP contribution >= 0.6 is 0 Å². The first-order chi connectivity index (χ1) is 29.8. The first-order valence-corrected chi connectivity index (χ1v) is 26.1. The van der Waals surface area contributed by atoms with E-state index in [1.165, 1.54) is 24.3 Å². The molecule has 0 bridgehead atoms. The number of ether oxygens (including phenoxy) is 1. The fraction of sp³-hybridized carbons (Fsp3) is 0.400. The van der Waals surface area contributed by atoms with E-state index in [0.29, 0.717) is 50.3 Å². The molecule has 3 aliphatic rings. The summed E-state index contributed by atoms with van der Waals surface area (Å²) in [6.07, 6.45) is 11.8. The number of allylic oxidation sites excluding steroid dienone is 7. The normalized spacial score (nSPS) is 17.5. The molecule has 22 heteroatoms. The Hall–Kier alpha value is -1.76. The van der Waals surface area contributed by atoms with Gasteiger partial charge in [0.2, 0.25) is 0 Å². The largest absolute Gasteiger partial charge is 1.00 e. The Morgan fingerprint density at radius 1 is 0.776 bits per heavy atom. The zero-order valence-electron chi connectivity index (χ0n) is 39.2. The van der Waals surface area contributed by atoms with Gasteiger partial charge < -0.3 is 23.3 Å². The molecule has 0 unspecified atom stereocenters. The van der Waals surface area contributed by atoms with Crippen LogP contribution in [0.1, 0.15) is 89.3 Å². The van der Waals surface area contributed by atoms with Gasteiger partial charge in [-0.1, -0.05) is 57.0 Å². The van der Waals surface area contributed by atoms with Gasteiger partial charge in [-0.15, -0.1) is 18.7 Å². The van der Waals surface area contributed by atoms with Crippen LogP contribution in [0.3, 0.4) is 0 Å². The van der Waals surface area contributed by atoms with Gasteiger partial charge in [-0.3, -0.25) is 0 Å². The first kappa shape index (κ1) is 61.4. The molecule has 2 heterocycles. The van der Waals surface area contributed by atoms with Crippen LogP contribution in [0.4, 0.5) is 11.4 Å². The van der Waals surface area contributed by atoms with Gasteiger partial charge in [-0.25, -0.2) is 29.8 Å². The molecule has 0 atom stereocenters. The number of hydrogen-bond donors (Lipinski definition) is 0. The van der Waals surface area contributed by atoms with Crippen LogP contribution in [0, 0.1) is 13.0 Å². The number of aryl methyl sites for hydroxylation is 1. The van der Waals surface area contributed by atoms with Gasteiger partial charge in [0.1, 0.15) is 33.9 Å². The Balaban J connectivity index is 0.00000212. The third kappa shape index (κ3) is 16.7. The summed E-state index contributed by atoms with van der Waals surface area (Å²) < 4.78 is 137. The second-order valence-electron chi connectivity index (χ2n) is 16.9. The van der Waals surface area contributed by atoms with Crippen molar-refractivity contribution >= 4 is 58.0 Å². The number of rotatable bonds is 16. The van der Waals surface area contributed by atoms with Crippen LogP contribution in [0.2, 0.25) is 0 Å². The van der Waals surface area contributed by atoms with Gasteiger partial charge in [-0.2, -0.15) is 18.2 Å². The van der Waals surface area contributed by atoms with Gasteiger partial charge in [0.15, 0.2) is 5.71 Å². The van der Waals surface area contributed by atoms with Crippen LogP contribution in [0.25, 0.3) is 0 Å². The molecule has 0 amide bonds. The van der Waals surface area contributed by atoms with Crippen LogP contribution in [-0.4, -0.2) is 86.4 Å². The number of benzene rings is 3. The maximum Gasteiger partial charge on any atom is 1.00 e. The number of hydrogen-bond acceptors (Lipinski definition) is 14. The van der Waals surface area contributed by atoms with E-state index in [0.717, 1.165) is 57.0 Å². The second-order valence-corrected chi connectivity index (χ2v) is 21.7. The molecule has 0 saturated carbocycles. The Kier molecular flexibility index (Phi) is 23.4. The Morgan fingerprint density at radius 3 is 1.99 bits per heavy atom. The van der Waals surface area contributed by atoms with E-state index < -0.39 is 63.3 Å². The van der Waals surface area contributed by atoms with Crippen molar-refractivity contribution in [2.24, 2.45) is 0 Å². The minimum Gasteiger partial charge on any atom is -0.748 e. The zero-order chi connectivity index (χ0) is 47.3. The summed E-state index contributed by atoms with van der Waals surface area (Å²) in [5.41, 5.74) is 8.15. The summed E-state index contributed by atoms with van der Waals surface area (Å²) >= 11 is 0. The fourth-order valence-corrected chi connectivity index (χ4v) is 10.0. The maximum atomic E-state index is 11.7. The molecule has 0 spiro atoms. The van der Waals surface area contributed by atoms with Crippen LogP contribution in [0.5, 0.6) is 5.75 Å². The maximum absolute atomic E-state index is 11.7. The molecule has 1 aliphatic carbocycles. The molecule has 0 fully saturated rings. The average Bonchev–Trinajstić information content (AvgIpc) is 3.53. The van der Waals surface area contributed by atoms with Crippen LogP contribution < -0.4 is 98.3 Å². The van der Waals surface area contributed by atoms with Crippen molar-refractivity contribution in [3.63, 3.8) is 0 Å². The van der Waals surface area contributed by atoms with Crippen molar-refractivity contribution in [1.82, 2.24) is 0 Å². The van der Waals surface area contributed by atoms with Crippen molar-refractivity contribution in [3.05, 3.63) is 130 Å². The summed E-state index contributed by atoms with van der Waals surface area (Å²) in [5, 5.41) is 0. The van der Waals surface area contributed by atoms with E-state index >= 15 is 0 Å². The molecule has 0 radical (unpaired) electrons. The molecule has 3 aromatic rings. The summed E-state index contributed by atoms with van der Waals surface area (Å²) in [7, 11) is -16.5. The van der Waals surface area contributed by atoms with Gasteiger partial charge >= 0.3 is 99.3 Å². The van der Waals surface area contributed by atoms with Crippen LogP contribution in [0.15, 0.2) is 112 Å². The zero-order valence-corrected chi connectivity index (χ0v) is 48.5. The third-order valence-corrected chi connectivity index (χ3v) is 14.0. The molecule has 15 nitrogen and oxygen atoms in total. The molecule has 67 heavy (non-hydrogen) atoms. The minimum absolute atomic E-state index is 0. The Bertz CT molecular complexity index is 2890. The fourth-order valence-electron chi connectivity index (χ4n) is 8.43. The van der Waals surface area contributed by atoms with Crippen molar-refractivity contribution < 1.29 is 150 Å². The van der Waals surface area contributed by atoms with Crippen molar-refractivity contribution in [2.75, 3.05) is 29.5 Å². The number of fused-ring (bicyclic) bond motifs is 2. The molecule has 0 saturated heterocycles. The Morgan fingerprint density at radius 2 is 1.39 bits per heavy atom. The summed E-state index contributed by atoms with van der Waals surface area (Å²) in [5.74, 6) is 0.0622. The van der Waals surface area contributed by atoms with Crippen molar-refractivity contribution in [3.8, 4) is 5.75 Å². The summed E-state index contributed by atoms with van der Waals surface area (Å²) in [6.45, 7) is 11.6.